The number of aromatic hydroxyl groups is 2. The lowest BCUT2D eigenvalue weighted by atomic mass is 9.93. The number of aliphatic hydroxyl groups is 4. The molecule has 0 saturated carbocycles. The largest absolute Gasteiger partial charge is 0.508 e. The fourth-order valence-corrected chi connectivity index (χ4v) is 4.29. The fourth-order valence-electron chi connectivity index (χ4n) is 4.29. The van der Waals surface area contributed by atoms with Gasteiger partial charge in [0.05, 0.1) is 31.8 Å². The predicted octanol–water partition coefficient (Wildman–Crippen LogP) is 7.31. The first-order chi connectivity index (χ1) is 19.9. The number of benzene rings is 2. The second-order valence-corrected chi connectivity index (χ2v) is 11.1. The van der Waals surface area contributed by atoms with Crippen molar-refractivity contribution in [2.45, 2.75) is 117 Å². The normalized spacial score (nSPS) is 10.9. The van der Waals surface area contributed by atoms with E-state index < -0.39 is 31.8 Å². The fraction of sp³-hybridized carbons (Fsp3) is 0.657. The van der Waals surface area contributed by atoms with Crippen LogP contribution in [0, 0.1) is 5.41 Å². The molecule has 0 heterocycles. The molecule has 2 rings (SSSR count). The van der Waals surface area contributed by atoms with Crippen LogP contribution in [0.1, 0.15) is 115 Å². The number of phenolic OH excluding ortho intramolecular Hbond substituents is 2. The Hall–Kier alpha value is -2.12. The average molecular weight is 577 g/mol. The molecule has 0 saturated heterocycles. The molecule has 41 heavy (non-hydrogen) atoms. The molecule has 0 amide bonds. The van der Waals surface area contributed by atoms with E-state index in [9.17, 15) is 10.2 Å². The van der Waals surface area contributed by atoms with E-state index in [1.165, 1.54) is 89.9 Å². The van der Waals surface area contributed by atoms with Crippen molar-refractivity contribution in [3.05, 3.63) is 59.7 Å². The number of unbranched alkanes of at least 4 members (excludes halogenated alkanes) is 12. The summed E-state index contributed by atoms with van der Waals surface area (Å²) < 4.78 is 0. The maximum atomic E-state index is 9.58. The van der Waals surface area contributed by atoms with Crippen LogP contribution in [0.25, 0.3) is 0 Å². The zero-order valence-corrected chi connectivity index (χ0v) is 25.9. The Balaban J connectivity index is 0.000000612. The molecule has 236 valence electrons. The third-order valence-corrected chi connectivity index (χ3v) is 7.42. The van der Waals surface area contributed by atoms with Crippen molar-refractivity contribution < 1.29 is 30.6 Å². The minimum absolute atomic E-state index is 0.406. The maximum Gasteiger partial charge on any atom is 0.118 e. The van der Waals surface area contributed by atoms with Crippen LogP contribution in [-0.4, -0.2) is 57.1 Å². The number of aryl methyl sites for hydroxylation is 2. The van der Waals surface area contributed by atoms with Gasteiger partial charge in [0.2, 0.25) is 0 Å². The number of hydrogen-bond acceptors (Lipinski definition) is 6. The van der Waals surface area contributed by atoms with Crippen LogP contribution in [0.3, 0.4) is 0 Å². The van der Waals surface area contributed by atoms with Crippen LogP contribution in [-0.2, 0) is 12.8 Å². The highest BCUT2D eigenvalue weighted by atomic mass is 16.3. The van der Waals surface area contributed by atoms with Crippen molar-refractivity contribution in [1.29, 1.82) is 0 Å². The zero-order valence-electron chi connectivity index (χ0n) is 25.9. The molecular weight excluding hydrogens is 516 g/mol. The van der Waals surface area contributed by atoms with Crippen molar-refractivity contribution >= 4 is 0 Å². The van der Waals surface area contributed by atoms with E-state index in [0.717, 1.165) is 24.0 Å². The van der Waals surface area contributed by atoms with Gasteiger partial charge in [-0.25, -0.2) is 0 Å². The van der Waals surface area contributed by atoms with Gasteiger partial charge in [0.25, 0.3) is 0 Å². The molecule has 0 radical (unpaired) electrons. The summed E-state index contributed by atoms with van der Waals surface area (Å²) in [7, 11) is 0. The van der Waals surface area contributed by atoms with Crippen LogP contribution in [0.4, 0.5) is 0 Å². The molecule has 2 aromatic carbocycles. The van der Waals surface area contributed by atoms with Gasteiger partial charge in [0.15, 0.2) is 0 Å². The Morgan fingerprint density at radius 3 is 1.00 bits per heavy atom. The van der Waals surface area contributed by atoms with Gasteiger partial charge in [-0.05, 0) is 48.9 Å². The van der Waals surface area contributed by atoms with Gasteiger partial charge in [-0.3, -0.25) is 0 Å². The Labute approximate surface area is 250 Å². The lowest BCUT2D eigenvalue weighted by Crippen LogP contribution is -2.37. The Morgan fingerprint density at radius 2 is 0.732 bits per heavy atom. The van der Waals surface area contributed by atoms with E-state index in [0.29, 0.717) is 11.5 Å². The standard InChI is InChI=1S/2C15H24O.C5H12O4/c2*1-2-3-4-5-6-7-8-11-14-12-9-10-13-15(14)16;6-1-5(2-7,3-8)4-9/h2*9-10,12-13,16H,2-8,11H2,1H3;6-9H,1-4H2. The Bertz CT molecular complexity index is 760. The van der Waals surface area contributed by atoms with Crippen LogP contribution < -0.4 is 0 Å². The monoisotopic (exact) mass is 576 g/mol. The van der Waals surface area contributed by atoms with Crippen molar-refractivity contribution in [2.24, 2.45) is 5.41 Å². The summed E-state index contributed by atoms with van der Waals surface area (Å²) in [6.45, 7) is 2.87. The van der Waals surface area contributed by atoms with E-state index in [1.54, 1.807) is 12.1 Å². The van der Waals surface area contributed by atoms with E-state index in [4.69, 9.17) is 20.4 Å². The quantitative estimate of drug-likeness (QED) is 0.0919. The Morgan fingerprint density at radius 1 is 0.439 bits per heavy atom. The number of para-hydroxylation sites is 2. The smallest absolute Gasteiger partial charge is 0.118 e. The van der Waals surface area contributed by atoms with Crippen molar-refractivity contribution in [3.8, 4) is 11.5 Å². The topological polar surface area (TPSA) is 121 Å². The highest BCUT2D eigenvalue weighted by Crippen LogP contribution is 2.20. The third-order valence-electron chi connectivity index (χ3n) is 7.42. The van der Waals surface area contributed by atoms with Crippen LogP contribution in [0.15, 0.2) is 48.5 Å². The molecule has 0 aromatic heterocycles. The van der Waals surface area contributed by atoms with Crippen molar-refractivity contribution in [3.63, 3.8) is 0 Å². The van der Waals surface area contributed by atoms with Crippen LogP contribution >= 0.6 is 0 Å². The number of hydrogen-bond donors (Lipinski definition) is 6. The molecule has 6 nitrogen and oxygen atoms in total. The lowest BCUT2D eigenvalue weighted by molar-refractivity contribution is -0.0328. The number of phenols is 2. The van der Waals surface area contributed by atoms with Gasteiger partial charge in [0, 0.05) is 0 Å². The lowest BCUT2D eigenvalue weighted by Gasteiger charge is -2.23. The van der Waals surface area contributed by atoms with Crippen LogP contribution in [0.2, 0.25) is 0 Å². The molecule has 0 fully saturated rings. The van der Waals surface area contributed by atoms with Gasteiger partial charge in [-0.15, -0.1) is 0 Å². The van der Waals surface area contributed by atoms with Gasteiger partial charge in [0.1, 0.15) is 11.5 Å². The van der Waals surface area contributed by atoms with Crippen molar-refractivity contribution in [1.82, 2.24) is 0 Å². The third kappa shape index (κ3) is 19.6. The van der Waals surface area contributed by atoms with E-state index in [-0.39, 0.29) is 0 Å². The highest BCUT2D eigenvalue weighted by molar-refractivity contribution is 5.32. The van der Waals surface area contributed by atoms with E-state index >= 15 is 0 Å². The average Bonchev–Trinajstić information content (AvgIpc) is 3.00. The summed E-state index contributed by atoms with van der Waals surface area (Å²) in [4.78, 5) is 0. The van der Waals surface area contributed by atoms with Crippen molar-refractivity contribution in [2.75, 3.05) is 26.4 Å². The van der Waals surface area contributed by atoms with E-state index in [1.807, 2.05) is 36.4 Å². The number of aliphatic hydroxyl groups excluding tert-OH is 4. The first-order valence-electron chi connectivity index (χ1n) is 15.9. The summed E-state index contributed by atoms with van der Waals surface area (Å²) in [5.41, 5.74) is 1.08. The molecule has 0 atom stereocenters. The van der Waals surface area contributed by atoms with Gasteiger partial charge >= 0.3 is 0 Å². The molecule has 0 spiro atoms. The second kappa shape index (κ2) is 26.8. The molecule has 6 heteroatoms. The minimum atomic E-state index is -1.11. The highest BCUT2D eigenvalue weighted by Gasteiger charge is 2.26. The molecule has 0 aliphatic heterocycles. The SMILES string of the molecule is CCCCCCCCCc1ccccc1O.CCCCCCCCCc1ccccc1O.OCC(CO)(CO)CO. The summed E-state index contributed by atoms with van der Waals surface area (Å²) in [5.74, 6) is 0.905. The first kappa shape index (κ1) is 38.9. The molecule has 0 aliphatic rings. The summed E-state index contributed by atoms with van der Waals surface area (Å²) >= 11 is 0. The Kier molecular flexibility index (Phi) is 25.4. The first-order valence-corrected chi connectivity index (χ1v) is 15.9. The molecule has 0 unspecified atom stereocenters. The molecule has 2 aromatic rings. The number of rotatable bonds is 20. The minimum Gasteiger partial charge on any atom is -0.508 e. The van der Waals surface area contributed by atoms with Gasteiger partial charge in [-0.1, -0.05) is 127 Å². The molecule has 6 N–H and O–H groups in total. The van der Waals surface area contributed by atoms with E-state index in [2.05, 4.69) is 13.8 Å². The zero-order chi connectivity index (χ0) is 30.6. The van der Waals surface area contributed by atoms with Gasteiger partial charge < -0.3 is 30.6 Å². The predicted molar refractivity (Wildman–Crippen MR) is 170 cm³/mol. The second-order valence-electron chi connectivity index (χ2n) is 11.1. The summed E-state index contributed by atoms with van der Waals surface area (Å²) in [5, 5.41) is 53.2. The molecular formula is C35H60O6. The molecule has 0 bridgehead atoms. The van der Waals surface area contributed by atoms with Gasteiger partial charge in [-0.2, -0.15) is 0 Å². The maximum absolute atomic E-state index is 9.58. The summed E-state index contributed by atoms with van der Waals surface area (Å²) in [6.07, 6.45) is 20.6. The summed E-state index contributed by atoms with van der Waals surface area (Å²) in [6, 6.07) is 15.3. The van der Waals surface area contributed by atoms with Crippen LogP contribution in [0.5, 0.6) is 11.5 Å². The molecule has 0 aliphatic carbocycles.